The van der Waals surface area contributed by atoms with Gasteiger partial charge in [-0.05, 0) is 36.6 Å². The number of amides is 4. The number of carbonyl (C=O) groups excluding carboxylic acids is 4. The fourth-order valence-corrected chi connectivity index (χ4v) is 3.60. The lowest BCUT2D eigenvalue weighted by atomic mass is 9.70. The molecular weight excluding hydrogens is 309 g/mol. The molecule has 24 heavy (non-hydrogen) atoms. The molecule has 3 heterocycles. The maximum Gasteiger partial charge on any atom is 0.262 e. The Balaban J connectivity index is 1.80. The van der Waals surface area contributed by atoms with Crippen LogP contribution in [0.5, 0.6) is 0 Å². The molecule has 7 nitrogen and oxygen atoms in total. The molecule has 1 unspecified atom stereocenters. The van der Waals surface area contributed by atoms with Crippen LogP contribution in [0, 0.1) is 0 Å². The third-order valence-electron chi connectivity index (χ3n) is 4.91. The van der Waals surface area contributed by atoms with Crippen molar-refractivity contribution in [2.75, 3.05) is 6.54 Å². The summed E-state index contributed by atoms with van der Waals surface area (Å²) >= 11 is 0. The lowest BCUT2D eigenvalue weighted by Gasteiger charge is -2.38. The topological polar surface area (TPSA) is 95.6 Å². The van der Waals surface area contributed by atoms with Crippen molar-refractivity contribution in [3.8, 4) is 0 Å². The van der Waals surface area contributed by atoms with Crippen LogP contribution in [0.4, 0.5) is 0 Å². The van der Waals surface area contributed by atoms with E-state index in [1.54, 1.807) is 6.07 Å². The van der Waals surface area contributed by atoms with Crippen LogP contribution in [0.2, 0.25) is 0 Å². The van der Waals surface area contributed by atoms with Crippen molar-refractivity contribution in [3.05, 3.63) is 34.4 Å². The van der Waals surface area contributed by atoms with Crippen molar-refractivity contribution in [2.45, 2.75) is 31.2 Å². The smallest absolute Gasteiger partial charge is 0.262 e. The molecule has 2 radical (unpaired) electrons. The molecule has 1 atom stereocenters. The van der Waals surface area contributed by atoms with E-state index in [0.29, 0.717) is 12.1 Å². The average molecular weight is 323 g/mol. The fraction of sp³-hybridized carbons (Fsp3) is 0.375. The zero-order valence-corrected chi connectivity index (χ0v) is 12.8. The summed E-state index contributed by atoms with van der Waals surface area (Å²) in [5.41, 5.74) is 0.548. The number of imide groups is 2. The predicted molar refractivity (Wildman–Crippen MR) is 83.2 cm³/mol. The van der Waals surface area contributed by atoms with Gasteiger partial charge in [-0.3, -0.25) is 29.4 Å². The summed E-state index contributed by atoms with van der Waals surface area (Å²) in [4.78, 5) is 50.1. The van der Waals surface area contributed by atoms with Crippen LogP contribution in [0.1, 0.15) is 44.7 Å². The van der Waals surface area contributed by atoms with Crippen molar-refractivity contribution in [1.82, 2.24) is 15.5 Å². The van der Waals surface area contributed by atoms with E-state index in [-0.39, 0.29) is 18.4 Å². The molecule has 4 amide bonds. The summed E-state index contributed by atoms with van der Waals surface area (Å²) in [5.74, 6) is -2.43. The Morgan fingerprint density at radius 1 is 1.08 bits per heavy atom. The number of fused-ring (bicyclic) bond motifs is 3. The summed E-state index contributed by atoms with van der Waals surface area (Å²) in [7, 11) is 6.11. The second-order valence-corrected chi connectivity index (χ2v) is 6.30. The van der Waals surface area contributed by atoms with Crippen LogP contribution in [-0.4, -0.2) is 48.4 Å². The molecular formula is C16H14BN3O4. The van der Waals surface area contributed by atoms with Gasteiger partial charge in [-0.2, -0.15) is 0 Å². The van der Waals surface area contributed by atoms with Gasteiger partial charge in [-0.15, -0.1) is 0 Å². The number of piperidine rings is 1. The highest BCUT2D eigenvalue weighted by molar-refractivity contribution is 6.37. The summed E-state index contributed by atoms with van der Waals surface area (Å²) in [6.45, 7) is 1.30. The van der Waals surface area contributed by atoms with Gasteiger partial charge in [0.1, 0.15) is 7.85 Å². The van der Waals surface area contributed by atoms with Crippen molar-refractivity contribution in [3.63, 3.8) is 0 Å². The molecule has 3 aliphatic heterocycles. The van der Waals surface area contributed by atoms with E-state index in [9.17, 15) is 19.2 Å². The van der Waals surface area contributed by atoms with Gasteiger partial charge in [0.05, 0.1) is 16.6 Å². The second-order valence-electron chi connectivity index (χ2n) is 6.30. The van der Waals surface area contributed by atoms with Crippen LogP contribution < -0.4 is 10.6 Å². The zero-order valence-electron chi connectivity index (χ0n) is 12.8. The molecule has 1 saturated heterocycles. The number of nitrogens with zero attached hydrogens (tertiary/aromatic N) is 1. The van der Waals surface area contributed by atoms with Crippen LogP contribution in [0.15, 0.2) is 12.1 Å². The van der Waals surface area contributed by atoms with Crippen molar-refractivity contribution in [2.24, 2.45) is 0 Å². The first kappa shape index (κ1) is 15.1. The lowest BCUT2D eigenvalue weighted by Crippen LogP contribution is -2.65. The lowest BCUT2D eigenvalue weighted by molar-refractivity contribution is -0.138. The van der Waals surface area contributed by atoms with E-state index in [4.69, 9.17) is 7.85 Å². The largest absolute Gasteiger partial charge is 0.312 e. The number of rotatable bonds is 1. The Morgan fingerprint density at radius 2 is 1.88 bits per heavy atom. The van der Waals surface area contributed by atoms with Gasteiger partial charge >= 0.3 is 0 Å². The van der Waals surface area contributed by atoms with E-state index in [1.165, 1.54) is 0 Å². The third-order valence-corrected chi connectivity index (χ3v) is 4.91. The zero-order chi connectivity index (χ0) is 17.1. The third kappa shape index (κ3) is 1.89. The van der Waals surface area contributed by atoms with Gasteiger partial charge in [0.2, 0.25) is 11.8 Å². The maximum absolute atomic E-state index is 12.9. The minimum absolute atomic E-state index is 0.0185. The molecule has 2 N–H and O–H groups in total. The normalized spacial score (nSPS) is 26.2. The molecule has 0 bridgehead atoms. The van der Waals surface area contributed by atoms with E-state index >= 15 is 0 Å². The Labute approximate surface area is 139 Å². The van der Waals surface area contributed by atoms with Crippen molar-refractivity contribution in [1.29, 1.82) is 0 Å². The molecule has 0 aliphatic carbocycles. The highest BCUT2D eigenvalue weighted by Gasteiger charge is 2.52. The summed E-state index contributed by atoms with van der Waals surface area (Å²) in [5, 5.41) is 5.30. The Hall–Kier alpha value is -2.48. The SMILES string of the molecule is [B]C1(N2C(=O)c3ccc4c(c3C2=O)CNCC4)CCC(=O)NC1=O. The van der Waals surface area contributed by atoms with Crippen LogP contribution in [0.25, 0.3) is 0 Å². The van der Waals surface area contributed by atoms with Gasteiger partial charge in [0, 0.05) is 13.0 Å². The standard InChI is InChI=1S/C16H14BN3O4/c17-16(5-3-11(21)19-15(16)24)20-13(22)9-2-1-8-4-6-18-7-10(8)12(9)14(20)23/h1-2,18H,3-7H2,(H,19,21,24). The number of benzene rings is 1. The first-order chi connectivity index (χ1) is 11.4. The van der Waals surface area contributed by atoms with Crippen molar-refractivity contribution < 1.29 is 19.2 Å². The maximum atomic E-state index is 12.9. The van der Waals surface area contributed by atoms with E-state index < -0.39 is 29.1 Å². The Bertz CT molecular complexity index is 822. The highest BCUT2D eigenvalue weighted by Crippen LogP contribution is 2.35. The molecule has 1 aromatic rings. The molecule has 1 fully saturated rings. The molecule has 4 rings (SSSR count). The Kier molecular flexibility index (Phi) is 3.15. The van der Waals surface area contributed by atoms with Gasteiger partial charge in [-0.25, -0.2) is 0 Å². The first-order valence-electron chi connectivity index (χ1n) is 7.81. The molecule has 0 aromatic heterocycles. The molecule has 0 saturated carbocycles. The minimum atomic E-state index is -1.84. The number of hydrogen-bond acceptors (Lipinski definition) is 5. The van der Waals surface area contributed by atoms with Crippen LogP contribution >= 0.6 is 0 Å². The molecule has 8 heteroatoms. The molecule has 3 aliphatic rings. The summed E-state index contributed by atoms with van der Waals surface area (Å²) in [6, 6.07) is 3.46. The van der Waals surface area contributed by atoms with Gasteiger partial charge < -0.3 is 5.32 Å². The second kappa shape index (κ2) is 5.01. The minimum Gasteiger partial charge on any atom is -0.312 e. The molecule has 1 aromatic carbocycles. The average Bonchev–Trinajstić information content (AvgIpc) is 2.83. The van der Waals surface area contributed by atoms with Gasteiger partial charge in [-0.1, -0.05) is 6.07 Å². The number of carbonyl (C=O) groups is 4. The quantitative estimate of drug-likeness (QED) is 0.523. The number of hydrogen-bond donors (Lipinski definition) is 2. The van der Waals surface area contributed by atoms with E-state index in [0.717, 1.165) is 29.0 Å². The van der Waals surface area contributed by atoms with Crippen molar-refractivity contribution >= 4 is 31.5 Å². The predicted octanol–water partition coefficient (Wildman–Crippen LogP) is -0.770. The first-order valence-corrected chi connectivity index (χ1v) is 7.81. The monoisotopic (exact) mass is 323 g/mol. The fourth-order valence-electron chi connectivity index (χ4n) is 3.60. The van der Waals surface area contributed by atoms with Crippen LogP contribution in [-0.2, 0) is 22.6 Å². The van der Waals surface area contributed by atoms with Gasteiger partial charge in [0.15, 0.2) is 0 Å². The van der Waals surface area contributed by atoms with E-state index in [1.807, 2.05) is 6.07 Å². The Morgan fingerprint density at radius 3 is 2.62 bits per heavy atom. The molecule has 0 spiro atoms. The number of nitrogens with one attached hydrogen (secondary N) is 2. The highest BCUT2D eigenvalue weighted by atomic mass is 16.2. The van der Waals surface area contributed by atoms with Crippen LogP contribution in [0.3, 0.4) is 0 Å². The molecule has 120 valence electrons. The summed E-state index contributed by atoms with van der Waals surface area (Å²) < 4.78 is 0. The van der Waals surface area contributed by atoms with E-state index in [2.05, 4.69) is 10.6 Å². The van der Waals surface area contributed by atoms with Gasteiger partial charge in [0.25, 0.3) is 11.8 Å². The summed E-state index contributed by atoms with van der Waals surface area (Å²) in [6.07, 6.45) is 0.672.